The first-order valence-corrected chi connectivity index (χ1v) is 7.29. The Morgan fingerprint density at radius 2 is 1.95 bits per heavy atom. The third-order valence-corrected chi connectivity index (χ3v) is 3.76. The third-order valence-electron chi connectivity index (χ3n) is 3.76. The lowest BCUT2D eigenvalue weighted by Gasteiger charge is -2.30. The van der Waals surface area contributed by atoms with Crippen molar-refractivity contribution in [3.05, 3.63) is 30.3 Å². The summed E-state index contributed by atoms with van der Waals surface area (Å²) in [7, 11) is 0. The molecule has 1 atom stereocenters. The van der Waals surface area contributed by atoms with Gasteiger partial charge in [0.1, 0.15) is 6.04 Å². The molecule has 3 nitrogen and oxygen atoms in total. The molecular formula is C16H23NO2. The molecule has 0 aromatic heterocycles. The van der Waals surface area contributed by atoms with Gasteiger partial charge in [-0.2, -0.15) is 0 Å². The zero-order valence-corrected chi connectivity index (χ0v) is 11.6. The summed E-state index contributed by atoms with van der Waals surface area (Å²) in [6.07, 6.45) is 5.96. The van der Waals surface area contributed by atoms with Gasteiger partial charge >= 0.3 is 5.97 Å². The first kappa shape index (κ1) is 13.9. The van der Waals surface area contributed by atoms with Crippen LogP contribution >= 0.6 is 0 Å². The van der Waals surface area contributed by atoms with Crippen LogP contribution in [0.3, 0.4) is 0 Å². The summed E-state index contributed by atoms with van der Waals surface area (Å²) in [6, 6.07) is 9.72. The molecular weight excluding hydrogens is 238 g/mol. The second-order valence-electron chi connectivity index (χ2n) is 5.14. The minimum absolute atomic E-state index is 0.113. The minimum atomic E-state index is -0.206. The van der Waals surface area contributed by atoms with Crippen molar-refractivity contribution in [2.45, 2.75) is 45.1 Å². The highest BCUT2D eigenvalue weighted by molar-refractivity contribution is 5.79. The van der Waals surface area contributed by atoms with Gasteiger partial charge in [0.25, 0.3) is 0 Å². The zero-order chi connectivity index (χ0) is 13.5. The van der Waals surface area contributed by atoms with E-state index in [-0.39, 0.29) is 12.0 Å². The van der Waals surface area contributed by atoms with Gasteiger partial charge in [-0.15, -0.1) is 0 Å². The number of carbonyl (C=O) groups is 1. The van der Waals surface area contributed by atoms with Gasteiger partial charge in [0.15, 0.2) is 0 Å². The number of para-hydroxylation sites is 1. The van der Waals surface area contributed by atoms with Crippen molar-refractivity contribution >= 4 is 11.7 Å². The van der Waals surface area contributed by atoms with E-state index in [2.05, 4.69) is 5.32 Å². The highest BCUT2D eigenvalue weighted by Crippen LogP contribution is 2.28. The number of rotatable bonds is 5. The van der Waals surface area contributed by atoms with Crippen molar-refractivity contribution in [2.24, 2.45) is 5.92 Å². The summed E-state index contributed by atoms with van der Waals surface area (Å²) in [5.74, 6) is 0.284. The molecule has 0 heterocycles. The molecule has 19 heavy (non-hydrogen) atoms. The molecule has 1 fully saturated rings. The lowest BCUT2D eigenvalue weighted by atomic mass is 9.83. The summed E-state index contributed by atoms with van der Waals surface area (Å²) < 4.78 is 5.23. The SMILES string of the molecule is CCOC(=O)C(Nc1ccccc1)C1CCCCC1. The smallest absolute Gasteiger partial charge is 0.328 e. The number of ether oxygens (including phenoxy) is 1. The van der Waals surface area contributed by atoms with Crippen molar-refractivity contribution in [1.82, 2.24) is 0 Å². The summed E-state index contributed by atoms with van der Waals surface area (Å²) in [5, 5.41) is 3.36. The molecule has 1 aliphatic carbocycles. The van der Waals surface area contributed by atoms with Crippen LogP contribution in [0.1, 0.15) is 39.0 Å². The van der Waals surface area contributed by atoms with Gasteiger partial charge in [-0.3, -0.25) is 0 Å². The van der Waals surface area contributed by atoms with Crippen LogP contribution in [0.4, 0.5) is 5.69 Å². The van der Waals surface area contributed by atoms with E-state index < -0.39 is 0 Å². The summed E-state index contributed by atoms with van der Waals surface area (Å²) in [4.78, 5) is 12.2. The number of benzene rings is 1. The fourth-order valence-electron chi connectivity index (χ4n) is 2.78. The van der Waals surface area contributed by atoms with Crippen LogP contribution in [0, 0.1) is 5.92 Å². The lowest BCUT2D eigenvalue weighted by Crippen LogP contribution is -2.39. The first-order valence-electron chi connectivity index (χ1n) is 7.29. The molecule has 104 valence electrons. The van der Waals surface area contributed by atoms with Crippen LogP contribution in [-0.2, 0) is 9.53 Å². The van der Waals surface area contributed by atoms with E-state index in [1.807, 2.05) is 37.3 Å². The van der Waals surface area contributed by atoms with E-state index in [0.29, 0.717) is 12.5 Å². The summed E-state index contributed by atoms with van der Waals surface area (Å²) >= 11 is 0. The molecule has 0 spiro atoms. The van der Waals surface area contributed by atoms with Gasteiger partial charge in [-0.1, -0.05) is 37.5 Å². The quantitative estimate of drug-likeness (QED) is 0.823. The topological polar surface area (TPSA) is 38.3 Å². The predicted molar refractivity (Wildman–Crippen MR) is 77.1 cm³/mol. The van der Waals surface area contributed by atoms with Crippen molar-refractivity contribution < 1.29 is 9.53 Å². The van der Waals surface area contributed by atoms with Crippen LogP contribution in [-0.4, -0.2) is 18.6 Å². The molecule has 1 aromatic carbocycles. The minimum Gasteiger partial charge on any atom is -0.464 e. The van der Waals surface area contributed by atoms with Crippen LogP contribution in [0.25, 0.3) is 0 Å². The van der Waals surface area contributed by atoms with Gasteiger partial charge in [-0.25, -0.2) is 4.79 Å². The molecule has 1 aliphatic rings. The Kier molecular flexibility index (Phi) is 5.25. The Bertz CT molecular complexity index is 385. The van der Waals surface area contributed by atoms with Crippen molar-refractivity contribution in [2.75, 3.05) is 11.9 Å². The molecule has 0 bridgehead atoms. The maximum atomic E-state index is 12.2. The molecule has 0 saturated heterocycles. The molecule has 3 heteroatoms. The standard InChI is InChI=1S/C16H23NO2/c1-2-19-16(18)15(13-9-5-3-6-10-13)17-14-11-7-4-8-12-14/h4,7-8,11-13,15,17H,2-3,5-6,9-10H2,1H3. The monoisotopic (exact) mass is 261 g/mol. The highest BCUT2D eigenvalue weighted by Gasteiger charge is 2.30. The second kappa shape index (κ2) is 7.17. The van der Waals surface area contributed by atoms with Crippen LogP contribution in [0.5, 0.6) is 0 Å². The fourth-order valence-corrected chi connectivity index (χ4v) is 2.78. The predicted octanol–water partition coefficient (Wildman–Crippen LogP) is 3.61. The molecule has 1 aromatic rings. The molecule has 0 radical (unpaired) electrons. The lowest BCUT2D eigenvalue weighted by molar-refractivity contribution is -0.145. The Labute approximate surface area is 115 Å². The number of carbonyl (C=O) groups excluding carboxylic acids is 1. The van der Waals surface area contributed by atoms with Crippen LogP contribution in [0.2, 0.25) is 0 Å². The molecule has 0 amide bonds. The summed E-state index contributed by atoms with van der Waals surface area (Å²) in [5.41, 5.74) is 0.992. The highest BCUT2D eigenvalue weighted by atomic mass is 16.5. The average Bonchev–Trinajstić information content (AvgIpc) is 2.47. The molecule has 1 saturated carbocycles. The van der Waals surface area contributed by atoms with Gasteiger partial charge in [0.2, 0.25) is 0 Å². The fraction of sp³-hybridized carbons (Fsp3) is 0.562. The van der Waals surface area contributed by atoms with Gasteiger partial charge in [0, 0.05) is 5.69 Å². The van der Waals surface area contributed by atoms with E-state index in [1.165, 1.54) is 19.3 Å². The maximum Gasteiger partial charge on any atom is 0.328 e. The maximum absolute atomic E-state index is 12.2. The van der Waals surface area contributed by atoms with E-state index in [0.717, 1.165) is 18.5 Å². The Morgan fingerprint density at radius 3 is 2.58 bits per heavy atom. The second-order valence-corrected chi connectivity index (χ2v) is 5.14. The van der Waals surface area contributed by atoms with Crippen molar-refractivity contribution in [3.63, 3.8) is 0 Å². The molecule has 1 N–H and O–H groups in total. The van der Waals surface area contributed by atoms with E-state index in [4.69, 9.17) is 4.74 Å². The molecule has 1 unspecified atom stereocenters. The number of anilines is 1. The number of hydrogen-bond acceptors (Lipinski definition) is 3. The third kappa shape index (κ3) is 3.98. The summed E-state index contributed by atoms with van der Waals surface area (Å²) in [6.45, 7) is 2.30. The number of nitrogens with one attached hydrogen (secondary N) is 1. The molecule has 0 aliphatic heterocycles. The Morgan fingerprint density at radius 1 is 1.26 bits per heavy atom. The Balaban J connectivity index is 2.06. The first-order chi connectivity index (χ1) is 9.31. The van der Waals surface area contributed by atoms with Crippen molar-refractivity contribution in [3.8, 4) is 0 Å². The number of hydrogen-bond donors (Lipinski definition) is 1. The number of esters is 1. The molecule has 2 rings (SSSR count). The van der Waals surface area contributed by atoms with Gasteiger partial charge in [-0.05, 0) is 37.8 Å². The van der Waals surface area contributed by atoms with E-state index in [9.17, 15) is 4.79 Å². The van der Waals surface area contributed by atoms with Crippen molar-refractivity contribution in [1.29, 1.82) is 0 Å². The van der Waals surface area contributed by atoms with Crippen LogP contribution < -0.4 is 5.32 Å². The largest absolute Gasteiger partial charge is 0.464 e. The van der Waals surface area contributed by atoms with E-state index in [1.54, 1.807) is 0 Å². The average molecular weight is 261 g/mol. The van der Waals surface area contributed by atoms with Crippen LogP contribution in [0.15, 0.2) is 30.3 Å². The normalized spacial score (nSPS) is 17.7. The zero-order valence-electron chi connectivity index (χ0n) is 11.6. The van der Waals surface area contributed by atoms with Gasteiger partial charge in [0.05, 0.1) is 6.61 Å². The Hall–Kier alpha value is -1.51. The van der Waals surface area contributed by atoms with E-state index >= 15 is 0 Å². The van der Waals surface area contributed by atoms with Gasteiger partial charge < -0.3 is 10.1 Å².